The van der Waals surface area contributed by atoms with E-state index < -0.39 is 11.2 Å². The van der Waals surface area contributed by atoms with E-state index in [0.29, 0.717) is 11.0 Å². The summed E-state index contributed by atoms with van der Waals surface area (Å²) in [7, 11) is 0. The molecule has 0 radical (unpaired) electrons. The Morgan fingerprint density at radius 3 is 2.32 bits per heavy atom. The van der Waals surface area contributed by atoms with E-state index in [9.17, 15) is 9.59 Å². The van der Waals surface area contributed by atoms with Gasteiger partial charge >= 0.3 is 5.69 Å². The van der Waals surface area contributed by atoms with Crippen LogP contribution in [0.15, 0.2) is 32.4 Å². The molecule has 0 amide bonds. The number of aromatic nitrogens is 2. The SMILES string of the molecule is Cc1cc(C)c(Cn2cc(Br)c(=O)[nH]c2=O)c(C)c1. The van der Waals surface area contributed by atoms with Crippen LogP contribution in [0.4, 0.5) is 0 Å². The third kappa shape index (κ3) is 2.87. The molecule has 1 aromatic carbocycles. The first-order valence-corrected chi connectivity index (χ1v) is 6.74. The Hall–Kier alpha value is -1.62. The zero-order valence-corrected chi connectivity index (χ0v) is 12.7. The van der Waals surface area contributed by atoms with Crippen LogP contribution in [-0.2, 0) is 6.54 Å². The number of aryl methyl sites for hydroxylation is 3. The minimum absolute atomic E-state index is 0.356. The van der Waals surface area contributed by atoms with Gasteiger partial charge in [-0.15, -0.1) is 0 Å². The fourth-order valence-corrected chi connectivity index (χ4v) is 2.58. The summed E-state index contributed by atoms with van der Waals surface area (Å²) in [4.78, 5) is 25.4. The largest absolute Gasteiger partial charge is 0.328 e. The summed E-state index contributed by atoms with van der Waals surface area (Å²) in [5.74, 6) is 0. The van der Waals surface area contributed by atoms with Gasteiger partial charge in [0.1, 0.15) is 0 Å². The zero-order valence-electron chi connectivity index (χ0n) is 11.1. The van der Waals surface area contributed by atoms with Gasteiger partial charge in [0, 0.05) is 6.20 Å². The lowest BCUT2D eigenvalue weighted by Gasteiger charge is -2.13. The van der Waals surface area contributed by atoms with Crippen molar-refractivity contribution in [2.75, 3.05) is 0 Å². The number of nitrogens with zero attached hydrogens (tertiary/aromatic N) is 1. The van der Waals surface area contributed by atoms with Gasteiger partial charge in [-0.2, -0.15) is 0 Å². The van der Waals surface area contributed by atoms with Gasteiger partial charge in [0.15, 0.2) is 0 Å². The molecule has 0 fully saturated rings. The van der Waals surface area contributed by atoms with E-state index in [1.807, 2.05) is 20.8 Å². The zero-order chi connectivity index (χ0) is 14.2. The van der Waals surface area contributed by atoms with Crippen molar-refractivity contribution in [3.63, 3.8) is 0 Å². The van der Waals surface area contributed by atoms with Crippen molar-refractivity contribution in [1.29, 1.82) is 0 Å². The summed E-state index contributed by atoms with van der Waals surface area (Å²) >= 11 is 3.14. The Balaban J connectivity index is 2.51. The number of benzene rings is 1. The quantitative estimate of drug-likeness (QED) is 0.922. The highest BCUT2D eigenvalue weighted by Crippen LogP contribution is 2.17. The number of hydrogen-bond acceptors (Lipinski definition) is 2. The Morgan fingerprint density at radius 1 is 1.16 bits per heavy atom. The smallest absolute Gasteiger partial charge is 0.295 e. The lowest BCUT2D eigenvalue weighted by atomic mass is 10.00. The first kappa shape index (κ1) is 13.8. The van der Waals surface area contributed by atoms with Gasteiger partial charge in [0.25, 0.3) is 5.56 Å². The first-order chi connectivity index (χ1) is 8.88. The number of aromatic amines is 1. The number of hydrogen-bond donors (Lipinski definition) is 1. The van der Waals surface area contributed by atoms with E-state index in [4.69, 9.17) is 0 Å². The van der Waals surface area contributed by atoms with Crippen LogP contribution in [0.5, 0.6) is 0 Å². The first-order valence-electron chi connectivity index (χ1n) is 5.94. The Morgan fingerprint density at radius 2 is 1.74 bits per heavy atom. The molecule has 0 saturated carbocycles. The molecule has 1 heterocycles. The van der Waals surface area contributed by atoms with Gasteiger partial charge in [-0.3, -0.25) is 14.3 Å². The molecule has 1 N–H and O–H groups in total. The van der Waals surface area contributed by atoms with Gasteiger partial charge in [-0.1, -0.05) is 17.7 Å². The lowest BCUT2D eigenvalue weighted by Crippen LogP contribution is -2.30. The average Bonchev–Trinajstić information content (AvgIpc) is 2.29. The van der Waals surface area contributed by atoms with E-state index in [1.165, 1.54) is 16.3 Å². The predicted molar refractivity (Wildman–Crippen MR) is 78.8 cm³/mol. The molecule has 2 aromatic rings. The molecule has 100 valence electrons. The molecule has 0 atom stereocenters. The van der Waals surface area contributed by atoms with Crippen molar-refractivity contribution in [3.05, 3.63) is 65.9 Å². The minimum atomic E-state index is -0.404. The predicted octanol–water partition coefficient (Wildman–Crippen LogP) is 2.27. The van der Waals surface area contributed by atoms with Crippen molar-refractivity contribution in [2.45, 2.75) is 27.3 Å². The third-order valence-electron chi connectivity index (χ3n) is 3.14. The van der Waals surface area contributed by atoms with Gasteiger partial charge < -0.3 is 0 Å². The maximum atomic E-state index is 11.8. The van der Waals surface area contributed by atoms with Crippen LogP contribution in [-0.4, -0.2) is 9.55 Å². The summed E-state index contributed by atoms with van der Waals surface area (Å²) in [6.45, 7) is 6.56. The van der Waals surface area contributed by atoms with E-state index in [1.54, 1.807) is 0 Å². The second kappa shape index (κ2) is 5.17. The number of nitrogens with one attached hydrogen (secondary N) is 1. The van der Waals surface area contributed by atoms with Crippen molar-refractivity contribution in [1.82, 2.24) is 9.55 Å². The molecule has 2 rings (SSSR count). The van der Waals surface area contributed by atoms with Crippen LogP contribution >= 0.6 is 15.9 Å². The van der Waals surface area contributed by atoms with Crippen LogP contribution in [0.3, 0.4) is 0 Å². The number of H-pyrrole nitrogens is 1. The van der Waals surface area contributed by atoms with Crippen LogP contribution in [0.1, 0.15) is 22.3 Å². The maximum absolute atomic E-state index is 11.8. The monoisotopic (exact) mass is 322 g/mol. The Labute approximate surface area is 119 Å². The van der Waals surface area contributed by atoms with Crippen LogP contribution in [0, 0.1) is 20.8 Å². The molecule has 0 unspecified atom stereocenters. The molecule has 1 aromatic heterocycles. The average molecular weight is 323 g/mol. The Kier molecular flexibility index (Phi) is 3.75. The summed E-state index contributed by atoms with van der Waals surface area (Å²) < 4.78 is 1.85. The Bertz CT molecular complexity index is 721. The molecule has 0 aliphatic carbocycles. The van der Waals surface area contributed by atoms with Crippen molar-refractivity contribution >= 4 is 15.9 Å². The maximum Gasteiger partial charge on any atom is 0.328 e. The summed E-state index contributed by atoms with van der Waals surface area (Å²) in [5, 5.41) is 0. The van der Waals surface area contributed by atoms with Gasteiger partial charge in [0.2, 0.25) is 0 Å². The van der Waals surface area contributed by atoms with Gasteiger partial charge in [-0.05, 0) is 53.4 Å². The molecular formula is C14H15BrN2O2. The molecule has 0 spiro atoms. The molecule has 0 saturated heterocycles. The van der Waals surface area contributed by atoms with Gasteiger partial charge in [0.05, 0.1) is 11.0 Å². The van der Waals surface area contributed by atoms with Crippen LogP contribution in [0.25, 0.3) is 0 Å². The third-order valence-corrected chi connectivity index (χ3v) is 3.70. The molecule has 0 aliphatic heterocycles. The standard InChI is InChI=1S/C14H15BrN2O2/c1-8-4-9(2)11(10(3)5-8)6-17-7-12(15)13(18)16-14(17)19/h4-5,7H,6H2,1-3H3,(H,16,18,19). The van der Waals surface area contributed by atoms with Crippen molar-refractivity contribution in [2.24, 2.45) is 0 Å². The molecule has 0 aliphatic rings. The highest BCUT2D eigenvalue weighted by atomic mass is 79.9. The molecule has 4 nitrogen and oxygen atoms in total. The van der Waals surface area contributed by atoms with Crippen molar-refractivity contribution < 1.29 is 0 Å². The summed E-state index contributed by atoms with van der Waals surface area (Å²) in [6.07, 6.45) is 1.53. The fourth-order valence-electron chi connectivity index (χ4n) is 2.23. The molecule has 0 bridgehead atoms. The highest BCUT2D eigenvalue weighted by molar-refractivity contribution is 9.10. The van der Waals surface area contributed by atoms with Gasteiger partial charge in [-0.25, -0.2) is 4.79 Å². The number of rotatable bonds is 2. The minimum Gasteiger partial charge on any atom is -0.295 e. The van der Waals surface area contributed by atoms with Crippen LogP contribution in [0.2, 0.25) is 0 Å². The van der Waals surface area contributed by atoms with Crippen molar-refractivity contribution in [3.8, 4) is 0 Å². The number of halogens is 1. The molecule has 5 heteroatoms. The second-order valence-electron chi connectivity index (χ2n) is 4.74. The van der Waals surface area contributed by atoms with E-state index >= 15 is 0 Å². The van der Waals surface area contributed by atoms with E-state index in [2.05, 4.69) is 33.0 Å². The summed E-state index contributed by atoms with van der Waals surface area (Å²) in [5.41, 5.74) is 3.80. The second-order valence-corrected chi connectivity index (χ2v) is 5.60. The fraction of sp³-hybridized carbons (Fsp3) is 0.286. The molecular weight excluding hydrogens is 308 g/mol. The summed E-state index contributed by atoms with van der Waals surface area (Å²) in [6, 6.07) is 4.18. The topological polar surface area (TPSA) is 54.9 Å². The van der Waals surface area contributed by atoms with Crippen LogP contribution < -0.4 is 11.2 Å². The molecule has 19 heavy (non-hydrogen) atoms. The van der Waals surface area contributed by atoms with E-state index in [0.717, 1.165) is 16.7 Å². The lowest BCUT2D eigenvalue weighted by molar-refractivity contribution is 0.709. The van der Waals surface area contributed by atoms with E-state index in [-0.39, 0.29) is 0 Å². The normalized spacial score (nSPS) is 10.7. The highest BCUT2D eigenvalue weighted by Gasteiger charge is 2.07.